The standard InChI is InChI=1S/C13H14N2O2S/c1-8-4-5-14-6-9(8)11-15-10(7-18-11)13(2,3)12(16)17/h4-7H,1-3H3,(H,16,17). The Morgan fingerprint density at radius 1 is 1.44 bits per heavy atom. The van der Waals surface area contributed by atoms with Crippen molar-refractivity contribution in [3.8, 4) is 10.6 Å². The number of carbonyl (C=O) groups is 1. The molecule has 1 N–H and O–H groups in total. The molecular weight excluding hydrogens is 248 g/mol. The molecule has 2 heterocycles. The number of thiazole rings is 1. The third kappa shape index (κ3) is 2.13. The fourth-order valence-corrected chi connectivity index (χ4v) is 2.54. The van der Waals surface area contributed by atoms with Gasteiger partial charge in [-0.05, 0) is 32.4 Å². The molecule has 0 saturated heterocycles. The van der Waals surface area contributed by atoms with E-state index in [4.69, 9.17) is 0 Å². The summed E-state index contributed by atoms with van der Waals surface area (Å²) >= 11 is 1.45. The van der Waals surface area contributed by atoms with Gasteiger partial charge in [0.05, 0.1) is 5.69 Å². The van der Waals surface area contributed by atoms with Crippen LogP contribution in [0.5, 0.6) is 0 Å². The second-order valence-corrected chi connectivity index (χ2v) is 5.52. The van der Waals surface area contributed by atoms with E-state index in [9.17, 15) is 9.90 Å². The van der Waals surface area contributed by atoms with E-state index in [0.29, 0.717) is 5.69 Å². The molecule has 2 aromatic rings. The number of hydrogen-bond acceptors (Lipinski definition) is 4. The van der Waals surface area contributed by atoms with Crippen molar-refractivity contribution in [1.82, 2.24) is 9.97 Å². The predicted octanol–water partition coefficient (Wildman–Crippen LogP) is 2.88. The summed E-state index contributed by atoms with van der Waals surface area (Å²) in [6.07, 6.45) is 3.49. The van der Waals surface area contributed by atoms with Gasteiger partial charge in [-0.2, -0.15) is 0 Å². The number of carboxylic acids is 1. The number of carboxylic acid groups (broad SMARTS) is 1. The molecule has 0 aliphatic carbocycles. The molecule has 0 amide bonds. The van der Waals surface area contributed by atoms with E-state index in [2.05, 4.69) is 9.97 Å². The van der Waals surface area contributed by atoms with Crippen LogP contribution in [0.3, 0.4) is 0 Å². The number of aromatic nitrogens is 2. The molecule has 0 aromatic carbocycles. The maximum absolute atomic E-state index is 11.2. The summed E-state index contributed by atoms with van der Waals surface area (Å²) in [7, 11) is 0. The second kappa shape index (κ2) is 4.49. The lowest BCUT2D eigenvalue weighted by Crippen LogP contribution is -2.28. The van der Waals surface area contributed by atoms with Crippen LogP contribution < -0.4 is 0 Å². The highest BCUT2D eigenvalue weighted by Gasteiger charge is 2.32. The monoisotopic (exact) mass is 262 g/mol. The zero-order chi connectivity index (χ0) is 13.3. The van der Waals surface area contributed by atoms with E-state index < -0.39 is 11.4 Å². The molecule has 0 unspecified atom stereocenters. The zero-order valence-electron chi connectivity index (χ0n) is 10.5. The quantitative estimate of drug-likeness (QED) is 0.923. The van der Waals surface area contributed by atoms with Crippen molar-refractivity contribution >= 4 is 17.3 Å². The molecule has 0 aliphatic heterocycles. The second-order valence-electron chi connectivity index (χ2n) is 4.66. The smallest absolute Gasteiger partial charge is 0.315 e. The minimum Gasteiger partial charge on any atom is -0.481 e. The number of aliphatic carboxylic acids is 1. The van der Waals surface area contributed by atoms with Crippen LogP contribution in [0.1, 0.15) is 25.1 Å². The van der Waals surface area contributed by atoms with Gasteiger partial charge in [-0.3, -0.25) is 9.78 Å². The Labute approximate surface area is 109 Å². The average molecular weight is 262 g/mol. The fraction of sp³-hybridized carbons (Fsp3) is 0.308. The van der Waals surface area contributed by atoms with E-state index in [-0.39, 0.29) is 0 Å². The van der Waals surface area contributed by atoms with Crippen molar-refractivity contribution in [1.29, 1.82) is 0 Å². The highest BCUT2D eigenvalue weighted by atomic mass is 32.1. The number of hydrogen-bond donors (Lipinski definition) is 1. The van der Waals surface area contributed by atoms with Crippen molar-refractivity contribution in [3.05, 3.63) is 35.1 Å². The summed E-state index contributed by atoms with van der Waals surface area (Å²) in [5.74, 6) is -0.873. The molecule has 5 heteroatoms. The van der Waals surface area contributed by atoms with Gasteiger partial charge in [0.25, 0.3) is 0 Å². The molecule has 4 nitrogen and oxygen atoms in total. The molecule has 0 bridgehead atoms. The zero-order valence-corrected chi connectivity index (χ0v) is 11.3. The summed E-state index contributed by atoms with van der Waals surface area (Å²) in [4.78, 5) is 19.7. The Morgan fingerprint density at radius 3 is 2.78 bits per heavy atom. The Morgan fingerprint density at radius 2 is 2.17 bits per heavy atom. The Hall–Kier alpha value is -1.75. The first kappa shape index (κ1) is 12.7. The van der Waals surface area contributed by atoms with Crippen molar-refractivity contribution < 1.29 is 9.90 Å². The Bertz CT molecular complexity index is 590. The molecule has 0 spiro atoms. The normalized spacial score (nSPS) is 11.5. The molecule has 94 valence electrons. The van der Waals surface area contributed by atoms with Crippen LogP contribution in [-0.4, -0.2) is 21.0 Å². The minimum absolute atomic E-state index is 0.582. The lowest BCUT2D eigenvalue weighted by atomic mass is 9.90. The lowest BCUT2D eigenvalue weighted by Gasteiger charge is -2.15. The van der Waals surface area contributed by atoms with Crippen molar-refractivity contribution in [2.75, 3.05) is 0 Å². The Balaban J connectivity index is 2.44. The lowest BCUT2D eigenvalue weighted by molar-refractivity contribution is -0.142. The molecule has 0 fully saturated rings. The first-order valence-electron chi connectivity index (χ1n) is 5.53. The molecule has 2 aromatic heterocycles. The van der Waals surface area contributed by atoms with Crippen LogP contribution in [0.15, 0.2) is 23.8 Å². The van der Waals surface area contributed by atoms with Gasteiger partial charge < -0.3 is 5.11 Å². The van der Waals surface area contributed by atoms with E-state index in [1.54, 1.807) is 31.6 Å². The third-order valence-electron chi connectivity index (χ3n) is 2.95. The highest BCUT2D eigenvalue weighted by Crippen LogP contribution is 2.31. The predicted molar refractivity (Wildman–Crippen MR) is 70.7 cm³/mol. The number of aryl methyl sites for hydroxylation is 1. The van der Waals surface area contributed by atoms with Gasteiger partial charge in [-0.25, -0.2) is 4.98 Å². The van der Waals surface area contributed by atoms with E-state index >= 15 is 0 Å². The van der Waals surface area contributed by atoms with Gasteiger partial charge in [0.2, 0.25) is 0 Å². The van der Waals surface area contributed by atoms with Crippen LogP contribution >= 0.6 is 11.3 Å². The summed E-state index contributed by atoms with van der Waals surface area (Å²) in [5, 5.41) is 11.8. The summed E-state index contributed by atoms with van der Waals surface area (Å²) in [6, 6.07) is 1.92. The van der Waals surface area contributed by atoms with Gasteiger partial charge in [-0.1, -0.05) is 0 Å². The largest absolute Gasteiger partial charge is 0.481 e. The molecule has 0 aliphatic rings. The molecule has 0 saturated carbocycles. The van der Waals surface area contributed by atoms with Crippen molar-refractivity contribution in [2.24, 2.45) is 0 Å². The van der Waals surface area contributed by atoms with Crippen LogP contribution in [0.4, 0.5) is 0 Å². The molecule has 18 heavy (non-hydrogen) atoms. The fourth-order valence-electron chi connectivity index (χ4n) is 1.48. The van der Waals surface area contributed by atoms with Crippen LogP contribution in [-0.2, 0) is 10.2 Å². The van der Waals surface area contributed by atoms with Gasteiger partial charge in [0.15, 0.2) is 0 Å². The maximum Gasteiger partial charge on any atom is 0.315 e. The minimum atomic E-state index is -0.967. The summed E-state index contributed by atoms with van der Waals surface area (Å²) in [5.41, 5.74) is 1.65. The Kier molecular flexibility index (Phi) is 3.17. The van der Waals surface area contributed by atoms with Crippen molar-refractivity contribution in [2.45, 2.75) is 26.2 Å². The molecule has 2 rings (SSSR count). The first-order valence-corrected chi connectivity index (χ1v) is 6.41. The van der Waals surface area contributed by atoms with Gasteiger partial charge >= 0.3 is 5.97 Å². The SMILES string of the molecule is Cc1ccncc1-c1nc(C(C)(C)C(=O)O)cs1. The van der Waals surface area contributed by atoms with Gasteiger partial charge in [0.1, 0.15) is 10.4 Å². The number of rotatable bonds is 3. The molecular formula is C13H14N2O2S. The average Bonchev–Trinajstić information content (AvgIpc) is 2.79. The van der Waals surface area contributed by atoms with E-state index in [0.717, 1.165) is 16.1 Å². The third-order valence-corrected chi connectivity index (χ3v) is 3.82. The number of nitrogens with zero attached hydrogens (tertiary/aromatic N) is 2. The van der Waals surface area contributed by atoms with Gasteiger partial charge in [0, 0.05) is 23.3 Å². The number of pyridine rings is 1. The van der Waals surface area contributed by atoms with Crippen LogP contribution in [0.25, 0.3) is 10.6 Å². The van der Waals surface area contributed by atoms with Gasteiger partial charge in [-0.15, -0.1) is 11.3 Å². The maximum atomic E-state index is 11.2. The van der Waals surface area contributed by atoms with Crippen LogP contribution in [0, 0.1) is 6.92 Å². The topological polar surface area (TPSA) is 63.1 Å². The first-order chi connectivity index (χ1) is 8.43. The molecule has 0 atom stereocenters. The molecule has 0 radical (unpaired) electrons. The van der Waals surface area contributed by atoms with Crippen molar-refractivity contribution in [3.63, 3.8) is 0 Å². The highest BCUT2D eigenvalue weighted by molar-refractivity contribution is 7.13. The summed E-state index contributed by atoms with van der Waals surface area (Å²) in [6.45, 7) is 5.30. The van der Waals surface area contributed by atoms with E-state index in [1.165, 1.54) is 11.3 Å². The summed E-state index contributed by atoms with van der Waals surface area (Å²) < 4.78 is 0. The van der Waals surface area contributed by atoms with Crippen LogP contribution in [0.2, 0.25) is 0 Å². The van der Waals surface area contributed by atoms with E-state index in [1.807, 2.05) is 13.0 Å².